The van der Waals surface area contributed by atoms with E-state index in [1.807, 2.05) is 0 Å². The van der Waals surface area contributed by atoms with E-state index in [0.29, 0.717) is 12.2 Å². The topological polar surface area (TPSA) is 45.8 Å². The number of alkyl halides is 3. The van der Waals surface area contributed by atoms with Crippen molar-refractivity contribution in [1.29, 1.82) is 0 Å². The molecule has 0 radical (unpaired) electrons. The summed E-state index contributed by atoms with van der Waals surface area (Å²) in [5.74, 6) is 0.300. The largest absolute Gasteiger partial charge is 0.416 e. The molecular formula is C13H13F3N2O. The van der Waals surface area contributed by atoms with Gasteiger partial charge in [0.25, 0.3) is 5.56 Å². The van der Waals surface area contributed by atoms with Crippen molar-refractivity contribution < 1.29 is 13.2 Å². The zero-order chi connectivity index (χ0) is 14.2. The minimum absolute atomic E-state index is 0.0772. The van der Waals surface area contributed by atoms with Crippen LogP contribution < -0.4 is 5.56 Å². The van der Waals surface area contributed by atoms with Gasteiger partial charge in [0, 0.05) is 0 Å². The molecule has 2 rings (SSSR count). The lowest BCUT2D eigenvalue weighted by atomic mass is 10.00. The molecule has 1 aromatic heterocycles. The van der Waals surface area contributed by atoms with Gasteiger partial charge in [-0.2, -0.15) is 13.2 Å². The van der Waals surface area contributed by atoms with Gasteiger partial charge in [-0.25, -0.2) is 4.98 Å². The minimum atomic E-state index is -4.43. The Hall–Kier alpha value is -1.85. The van der Waals surface area contributed by atoms with Crippen molar-refractivity contribution in [3.63, 3.8) is 0 Å². The summed E-state index contributed by atoms with van der Waals surface area (Å²) in [6.45, 7) is 3.33. The number of fused-ring (bicyclic) bond motifs is 1. The summed E-state index contributed by atoms with van der Waals surface area (Å²) < 4.78 is 39.0. The Bertz CT molecular complexity index is 674. The lowest BCUT2D eigenvalue weighted by molar-refractivity contribution is -0.138. The van der Waals surface area contributed by atoms with Gasteiger partial charge >= 0.3 is 6.18 Å². The molecule has 0 aliphatic rings. The van der Waals surface area contributed by atoms with Crippen molar-refractivity contribution in [1.82, 2.24) is 9.97 Å². The highest BCUT2D eigenvalue weighted by molar-refractivity contribution is 5.79. The van der Waals surface area contributed by atoms with Crippen molar-refractivity contribution in [3.8, 4) is 0 Å². The summed E-state index contributed by atoms with van der Waals surface area (Å²) in [5.41, 5.74) is -0.903. The zero-order valence-electron chi connectivity index (χ0n) is 10.6. The Morgan fingerprint density at radius 1 is 1.32 bits per heavy atom. The van der Waals surface area contributed by atoms with Crippen LogP contribution in [-0.4, -0.2) is 9.97 Å². The van der Waals surface area contributed by atoms with Gasteiger partial charge in [0.15, 0.2) is 0 Å². The first-order valence-corrected chi connectivity index (χ1v) is 5.93. The fourth-order valence-electron chi connectivity index (χ4n) is 2.09. The molecule has 1 heterocycles. The maximum absolute atomic E-state index is 13.0. The zero-order valence-corrected chi connectivity index (χ0v) is 10.6. The molecule has 6 heteroatoms. The highest BCUT2D eigenvalue weighted by atomic mass is 19.4. The summed E-state index contributed by atoms with van der Waals surface area (Å²) in [6.07, 6.45) is -3.58. The van der Waals surface area contributed by atoms with Crippen LogP contribution in [0.3, 0.4) is 0 Å². The highest BCUT2D eigenvalue weighted by Crippen LogP contribution is 2.34. The number of nitrogens with one attached hydrogen (secondary N) is 1. The fourth-order valence-corrected chi connectivity index (χ4v) is 2.09. The Morgan fingerprint density at radius 3 is 2.58 bits per heavy atom. The SMILES string of the molecule is CCCc1cc2c(=O)[nH]c(C)nc2cc1C(F)(F)F. The standard InChI is InChI=1S/C13H13F3N2O/c1-3-4-8-5-9-11(6-10(8)13(14,15)16)17-7(2)18-12(9)19/h5-6H,3-4H2,1-2H3,(H,17,18,19). The lowest BCUT2D eigenvalue weighted by Crippen LogP contribution is -2.14. The van der Waals surface area contributed by atoms with Gasteiger partial charge in [0.05, 0.1) is 16.5 Å². The van der Waals surface area contributed by atoms with Crippen LogP contribution in [0.1, 0.15) is 30.3 Å². The van der Waals surface area contributed by atoms with Crippen LogP contribution >= 0.6 is 0 Å². The Kier molecular flexibility index (Phi) is 3.34. The van der Waals surface area contributed by atoms with Crippen molar-refractivity contribution in [3.05, 3.63) is 39.4 Å². The number of aryl methyl sites for hydroxylation is 2. The van der Waals surface area contributed by atoms with Crippen LogP contribution in [0.2, 0.25) is 0 Å². The van der Waals surface area contributed by atoms with Crippen LogP contribution in [-0.2, 0) is 12.6 Å². The molecule has 102 valence electrons. The van der Waals surface area contributed by atoms with E-state index < -0.39 is 17.3 Å². The third kappa shape index (κ3) is 2.62. The van der Waals surface area contributed by atoms with E-state index in [-0.39, 0.29) is 22.9 Å². The monoisotopic (exact) mass is 270 g/mol. The molecule has 2 aromatic rings. The second kappa shape index (κ2) is 4.68. The van der Waals surface area contributed by atoms with E-state index in [9.17, 15) is 18.0 Å². The van der Waals surface area contributed by atoms with Crippen LogP contribution in [0.25, 0.3) is 10.9 Å². The van der Waals surface area contributed by atoms with Crippen LogP contribution in [0.15, 0.2) is 16.9 Å². The van der Waals surface area contributed by atoms with Gasteiger partial charge in [-0.05, 0) is 31.0 Å². The lowest BCUT2D eigenvalue weighted by Gasteiger charge is -2.13. The summed E-state index contributed by atoms with van der Waals surface area (Å²) in [6, 6.07) is 2.26. The van der Waals surface area contributed by atoms with Crippen molar-refractivity contribution in [2.24, 2.45) is 0 Å². The molecule has 0 fully saturated rings. The third-order valence-corrected chi connectivity index (χ3v) is 2.87. The maximum atomic E-state index is 13.0. The van der Waals surface area contributed by atoms with Crippen LogP contribution in [0.4, 0.5) is 13.2 Å². The molecule has 0 unspecified atom stereocenters. The summed E-state index contributed by atoms with van der Waals surface area (Å²) >= 11 is 0. The molecular weight excluding hydrogens is 257 g/mol. The Balaban J connectivity index is 2.80. The number of nitrogens with zero attached hydrogens (tertiary/aromatic N) is 1. The predicted molar refractivity (Wildman–Crippen MR) is 66.1 cm³/mol. The van der Waals surface area contributed by atoms with Crippen molar-refractivity contribution in [2.45, 2.75) is 32.9 Å². The number of benzene rings is 1. The third-order valence-electron chi connectivity index (χ3n) is 2.87. The predicted octanol–water partition coefficient (Wildman–Crippen LogP) is 3.20. The molecule has 3 nitrogen and oxygen atoms in total. The van der Waals surface area contributed by atoms with Gasteiger partial charge in [-0.1, -0.05) is 13.3 Å². The number of H-pyrrole nitrogens is 1. The van der Waals surface area contributed by atoms with Crippen molar-refractivity contribution >= 4 is 10.9 Å². The van der Waals surface area contributed by atoms with Gasteiger partial charge in [0.1, 0.15) is 5.82 Å². The summed E-state index contributed by atoms with van der Waals surface area (Å²) in [4.78, 5) is 18.2. The summed E-state index contributed by atoms with van der Waals surface area (Å²) in [5, 5.41) is 0.196. The van der Waals surface area contributed by atoms with E-state index in [4.69, 9.17) is 0 Å². The molecule has 0 saturated heterocycles. The van der Waals surface area contributed by atoms with E-state index >= 15 is 0 Å². The molecule has 0 atom stereocenters. The van der Waals surface area contributed by atoms with E-state index in [1.165, 1.54) is 13.0 Å². The first kappa shape index (κ1) is 13.6. The first-order valence-electron chi connectivity index (χ1n) is 5.93. The Labute approximate surface area is 107 Å². The van der Waals surface area contributed by atoms with E-state index in [2.05, 4.69) is 9.97 Å². The second-order valence-electron chi connectivity index (χ2n) is 4.43. The Morgan fingerprint density at radius 2 is 2.00 bits per heavy atom. The number of aromatic nitrogens is 2. The molecule has 0 bridgehead atoms. The number of aromatic amines is 1. The first-order chi connectivity index (χ1) is 8.82. The van der Waals surface area contributed by atoms with E-state index in [0.717, 1.165) is 6.07 Å². The molecule has 1 N–H and O–H groups in total. The molecule has 0 saturated carbocycles. The maximum Gasteiger partial charge on any atom is 0.416 e. The van der Waals surface area contributed by atoms with Crippen LogP contribution in [0.5, 0.6) is 0 Å². The average molecular weight is 270 g/mol. The van der Waals surface area contributed by atoms with Crippen molar-refractivity contribution in [2.75, 3.05) is 0 Å². The quantitative estimate of drug-likeness (QED) is 0.910. The van der Waals surface area contributed by atoms with Gasteiger partial charge in [-0.15, -0.1) is 0 Å². The van der Waals surface area contributed by atoms with E-state index in [1.54, 1.807) is 6.92 Å². The molecule has 0 aliphatic heterocycles. The second-order valence-corrected chi connectivity index (χ2v) is 4.43. The fraction of sp³-hybridized carbons (Fsp3) is 0.385. The summed E-state index contributed by atoms with van der Waals surface area (Å²) in [7, 11) is 0. The number of halogens is 3. The average Bonchev–Trinajstić information content (AvgIpc) is 2.28. The normalized spacial score (nSPS) is 12.1. The molecule has 19 heavy (non-hydrogen) atoms. The molecule has 0 aliphatic carbocycles. The van der Waals surface area contributed by atoms with Gasteiger partial charge in [0.2, 0.25) is 0 Å². The number of hydrogen-bond acceptors (Lipinski definition) is 2. The minimum Gasteiger partial charge on any atom is -0.310 e. The van der Waals surface area contributed by atoms with Crippen LogP contribution in [0, 0.1) is 6.92 Å². The highest BCUT2D eigenvalue weighted by Gasteiger charge is 2.33. The molecule has 0 spiro atoms. The van der Waals surface area contributed by atoms with Gasteiger partial charge in [-0.3, -0.25) is 4.79 Å². The molecule has 1 aromatic carbocycles. The van der Waals surface area contributed by atoms with Gasteiger partial charge < -0.3 is 4.98 Å². The molecule has 0 amide bonds. The smallest absolute Gasteiger partial charge is 0.310 e. The number of rotatable bonds is 2. The number of hydrogen-bond donors (Lipinski definition) is 1.